The van der Waals surface area contributed by atoms with Gasteiger partial charge in [-0.3, -0.25) is 14.6 Å². The Balaban J connectivity index is 0.000000562. The maximum Gasteiger partial charge on any atom is 2.00 e. The summed E-state index contributed by atoms with van der Waals surface area (Å²) in [4.78, 5) is 45.6. The molecule has 0 aliphatic carbocycles. The van der Waals surface area contributed by atoms with E-state index in [4.69, 9.17) is 14.2 Å². The summed E-state index contributed by atoms with van der Waals surface area (Å²) in [6.07, 6.45) is 0.529. The number of esters is 1. The first-order chi connectivity index (χ1) is 26.6. The van der Waals surface area contributed by atoms with Crippen LogP contribution >= 0.6 is 31.9 Å². The number of halogens is 3. The van der Waals surface area contributed by atoms with E-state index in [2.05, 4.69) is 31.9 Å². The average Bonchev–Trinajstić information content (AvgIpc) is 3.76. The molecule has 4 aromatic carbocycles. The molecule has 0 spiro atoms. The molecule has 1 N–H and O–H groups in total. The molecule has 60 heavy (non-hydrogen) atoms. The molecule has 6 rings (SSSR count). The summed E-state index contributed by atoms with van der Waals surface area (Å²) in [5.74, 6) is 1.06. The first kappa shape index (κ1) is 54.7. The third kappa shape index (κ3) is 13.6. The molecule has 2 aliphatic heterocycles. The van der Waals surface area contributed by atoms with Crippen molar-refractivity contribution >= 4 is 84.3 Å². The Morgan fingerprint density at radius 2 is 1.13 bits per heavy atom. The summed E-state index contributed by atoms with van der Waals surface area (Å²) in [7, 11) is 4.57. The Morgan fingerprint density at radius 1 is 0.717 bits per heavy atom. The van der Waals surface area contributed by atoms with E-state index >= 15 is 0 Å². The Bertz CT molecular complexity index is 2050. The van der Waals surface area contributed by atoms with Crippen LogP contribution in [0.2, 0.25) is 0 Å². The third-order valence-electron chi connectivity index (χ3n) is 9.98. The number of rotatable bonds is 12. The summed E-state index contributed by atoms with van der Waals surface area (Å²) in [5.41, 5.74) is 4.77. The normalized spacial score (nSPS) is 14.4. The molecule has 0 bridgehead atoms. The number of methoxy groups -OCH3 is 3. The van der Waals surface area contributed by atoms with E-state index in [1.807, 2.05) is 104 Å². The molecule has 0 saturated carbocycles. The Hall–Kier alpha value is -3.34. The van der Waals surface area contributed by atoms with Crippen molar-refractivity contribution in [3.05, 3.63) is 124 Å². The van der Waals surface area contributed by atoms with Gasteiger partial charge in [-0.25, -0.2) is 9.59 Å². The molecular formula is C45H57Br3MgN4O7. The van der Waals surface area contributed by atoms with Crippen LogP contribution in [0.5, 0.6) is 11.5 Å². The largest absolute Gasteiger partial charge is 2.00 e. The van der Waals surface area contributed by atoms with Crippen molar-refractivity contribution < 1.29 is 50.7 Å². The summed E-state index contributed by atoms with van der Waals surface area (Å²) in [6, 6.07) is 26.1. The van der Waals surface area contributed by atoms with Crippen LogP contribution in [0.25, 0.3) is 0 Å². The van der Waals surface area contributed by atoms with Crippen LogP contribution < -0.4 is 36.3 Å². The maximum absolute atomic E-state index is 13.3. The zero-order valence-corrected chi connectivity index (χ0v) is 41.2. The monoisotopic (exact) mass is 1030 g/mol. The van der Waals surface area contributed by atoms with E-state index in [9.17, 15) is 19.5 Å². The van der Waals surface area contributed by atoms with Crippen LogP contribution in [0.1, 0.15) is 68.5 Å². The predicted octanol–water partition coefficient (Wildman–Crippen LogP) is 6.93. The molecule has 2 saturated heterocycles. The minimum Gasteiger partial charge on any atom is -1.00 e. The van der Waals surface area contributed by atoms with Gasteiger partial charge in [0.2, 0.25) is 0 Å². The molecule has 4 aromatic rings. The number of anilines is 2. The quantitative estimate of drug-likeness (QED) is 0.0932. The number of ether oxygens (including phenoxy) is 3. The standard InChI is InChI=1S/C22H27BrN2O3.C21H23BrN2O4.CH4.CH3.BrH.Mg/c1-15-12-17(8-9-19(15)23)24-10-11-25(21(24)26)20(14-22(2,3)27)16-6-5-7-18(13-16)28-4;1-14-11-16(7-8-18(14)22)23-9-10-24(21(23)26)19(13-20(25)28-3)15-5-4-6-17(12-15)27-2;;;;/h5-9,12-13,20,27H,10-11,14H2,1-4H3;4-8,11-12,19H,9-10,13H2,1-3H3;1H4;1H3;1H;/q;;;-1;;+2/p-1. The zero-order valence-electron chi connectivity index (χ0n) is 35.0. The molecule has 2 atom stereocenters. The van der Waals surface area contributed by atoms with Crippen LogP contribution in [-0.2, 0) is 9.53 Å². The van der Waals surface area contributed by atoms with Crippen LogP contribution in [0.3, 0.4) is 0 Å². The maximum atomic E-state index is 13.3. The number of hydrogen-bond acceptors (Lipinski definition) is 7. The molecule has 11 nitrogen and oxygen atoms in total. The second-order valence-electron chi connectivity index (χ2n) is 14.5. The van der Waals surface area contributed by atoms with Gasteiger partial charge in [0.05, 0.1) is 45.4 Å². The van der Waals surface area contributed by atoms with Gasteiger partial charge in [-0.05, 0) is 111 Å². The number of hydrogen-bond donors (Lipinski definition) is 1. The summed E-state index contributed by atoms with van der Waals surface area (Å²) in [6.45, 7) is 9.85. The first-order valence-electron chi connectivity index (χ1n) is 18.4. The average molecular weight is 1030 g/mol. The second kappa shape index (κ2) is 24.3. The van der Waals surface area contributed by atoms with E-state index < -0.39 is 11.6 Å². The molecule has 4 amide bonds. The minimum absolute atomic E-state index is 0. The van der Waals surface area contributed by atoms with Gasteiger partial charge in [-0.2, -0.15) is 0 Å². The molecule has 15 heteroatoms. The Morgan fingerprint density at radius 3 is 1.52 bits per heavy atom. The van der Waals surface area contributed by atoms with E-state index in [1.165, 1.54) is 7.11 Å². The van der Waals surface area contributed by atoms with Crippen molar-refractivity contribution in [1.29, 1.82) is 0 Å². The fourth-order valence-corrected chi connectivity index (χ4v) is 7.48. The molecule has 2 heterocycles. The molecule has 0 aromatic heterocycles. The van der Waals surface area contributed by atoms with Crippen LogP contribution in [-0.4, -0.2) is 109 Å². The van der Waals surface area contributed by atoms with E-state index in [0.29, 0.717) is 38.3 Å². The van der Waals surface area contributed by atoms with Crippen molar-refractivity contribution in [3.8, 4) is 11.5 Å². The second-order valence-corrected chi connectivity index (χ2v) is 16.2. The molecular weight excluding hydrogens is 973 g/mol. The summed E-state index contributed by atoms with van der Waals surface area (Å²) in [5, 5.41) is 10.5. The van der Waals surface area contributed by atoms with Crippen LogP contribution in [0.4, 0.5) is 21.0 Å². The number of amides is 4. The fourth-order valence-electron chi connectivity index (χ4n) is 6.99. The van der Waals surface area contributed by atoms with E-state index in [1.54, 1.807) is 42.8 Å². The molecule has 2 aliphatic rings. The Labute approximate surface area is 399 Å². The SMILES string of the molecule is C.COC(=O)CC(c1cccc(OC)c1)N1CCN(c2ccc(Br)c(C)c2)C1=O.COc1cccc(C(CC(C)(C)O)N2CCN(c3ccc(Br)c(C)c3)C2=O)c1.[Br-].[CH3-].[Mg+2]. The number of carbonyl (C=O) groups excluding carboxylic acids is 3. The van der Waals surface area contributed by atoms with Gasteiger partial charge >= 0.3 is 41.1 Å². The van der Waals surface area contributed by atoms with Gasteiger partial charge in [0.1, 0.15) is 11.5 Å². The van der Waals surface area contributed by atoms with Gasteiger partial charge in [0.25, 0.3) is 0 Å². The van der Waals surface area contributed by atoms with E-state index in [-0.39, 0.29) is 85.4 Å². The third-order valence-corrected chi connectivity index (χ3v) is 11.8. The summed E-state index contributed by atoms with van der Waals surface area (Å²) < 4.78 is 17.6. The van der Waals surface area contributed by atoms with E-state index in [0.717, 1.165) is 48.3 Å². The van der Waals surface area contributed by atoms with Crippen LogP contribution in [0, 0.1) is 21.3 Å². The number of aliphatic hydroxyl groups is 1. The zero-order chi connectivity index (χ0) is 40.7. The number of nitrogens with zero attached hydrogens (tertiary/aromatic N) is 4. The number of benzene rings is 4. The van der Waals surface area contributed by atoms with Gasteiger partial charge in [0.15, 0.2) is 0 Å². The van der Waals surface area contributed by atoms with Crippen molar-refractivity contribution in [2.24, 2.45) is 0 Å². The molecule has 0 radical (unpaired) electrons. The number of carbonyl (C=O) groups is 3. The van der Waals surface area contributed by atoms with Crippen molar-refractivity contribution in [2.75, 3.05) is 57.3 Å². The van der Waals surface area contributed by atoms with Gasteiger partial charge in [-0.15, -0.1) is 0 Å². The Kier molecular flexibility index (Phi) is 22.2. The number of aryl methyl sites for hydroxylation is 2. The van der Waals surface area contributed by atoms with Crippen molar-refractivity contribution in [3.63, 3.8) is 0 Å². The number of urea groups is 2. The van der Waals surface area contributed by atoms with Gasteiger partial charge in [-0.1, -0.05) is 63.6 Å². The molecule has 2 unspecified atom stereocenters. The smallest absolute Gasteiger partial charge is 1.00 e. The first-order valence-corrected chi connectivity index (χ1v) is 20.0. The summed E-state index contributed by atoms with van der Waals surface area (Å²) >= 11 is 7.00. The van der Waals surface area contributed by atoms with Crippen LogP contribution in [0.15, 0.2) is 93.9 Å². The molecule has 2 fully saturated rings. The van der Waals surface area contributed by atoms with Gasteiger partial charge < -0.3 is 53.5 Å². The topological polar surface area (TPSA) is 112 Å². The van der Waals surface area contributed by atoms with Crippen molar-refractivity contribution in [1.82, 2.24) is 9.80 Å². The van der Waals surface area contributed by atoms with Gasteiger partial charge in [0, 0.05) is 52.9 Å². The minimum atomic E-state index is -0.907. The fraction of sp³-hybridized carbons (Fsp3) is 0.378. The van der Waals surface area contributed by atoms with Crippen molar-refractivity contribution in [2.45, 2.75) is 65.6 Å². The predicted molar refractivity (Wildman–Crippen MR) is 245 cm³/mol. The molecule has 322 valence electrons.